The highest BCUT2D eigenvalue weighted by Gasteiger charge is 2.05. The number of ether oxygens (including phenoxy) is 1. The molecule has 1 N–H and O–H groups in total. The van der Waals surface area contributed by atoms with E-state index in [1.807, 2.05) is 66.7 Å². The van der Waals surface area contributed by atoms with Gasteiger partial charge in [-0.15, -0.1) is 0 Å². The van der Waals surface area contributed by atoms with Crippen LogP contribution in [-0.2, 0) is 6.61 Å². The molecule has 0 saturated carbocycles. The molecule has 112 valence electrons. The van der Waals surface area contributed by atoms with Crippen molar-refractivity contribution in [2.24, 2.45) is 0 Å². The zero-order chi connectivity index (χ0) is 15.5. The predicted molar refractivity (Wildman–Crippen MR) is 92.3 cm³/mol. The van der Waals surface area contributed by atoms with Crippen molar-refractivity contribution in [2.45, 2.75) is 6.61 Å². The lowest BCUT2D eigenvalue weighted by Crippen LogP contribution is -1.94. The Morgan fingerprint density at radius 2 is 1.52 bits per heavy atom. The number of benzene rings is 3. The Bertz CT molecular complexity index is 878. The number of hydrogen-bond donors (Lipinski definition) is 1. The van der Waals surface area contributed by atoms with E-state index in [2.05, 4.69) is 22.1 Å². The number of nitrogens with one attached hydrogen (secondary N) is 1. The molecule has 1 aromatic heterocycles. The number of para-hydroxylation sites is 2. The van der Waals surface area contributed by atoms with E-state index in [1.165, 1.54) is 0 Å². The number of rotatable bonds is 4. The summed E-state index contributed by atoms with van der Waals surface area (Å²) in [6.45, 7) is 0.574. The van der Waals surface area contributed by atoms with Gasteiger partial charge < -0.3 is 9.72 Å². The van der Waals surface area contributed by atoms with E-state index in [0.29, 0.717) is 6.61 Å². The molecule has 0 spiro atoms. The van der Waals surface area contributed by atoms with E-state index in [9.17, 15) is 0 Å². The normalized spacial score (nSPS) is 10.8. The van der Waals surface area contributed by atoms with Crippen molar-refractivity contribution in [2.75, 3.05) is 0 Å². The maximum absolute atomic E-state index is 5.81. The van der Waals surface area contributed by atoms with Gasteiger partial charge in [-0.05, 0) is 42.0 Å². The van der Waals surface area contributed by atoms with Crippen LogP contribution in [-0.4, -0.2) is 9.97 Å². The molecule has 0 saturated heterocycles. The summed E-state index contributed by atoms with van der Waals surface area (Å²) >= 11 is 0. The van der Waals surface area contributed by atoms with Crippen molar-refractivity contribution in [1.29, 1.82) is 0 Å². The summed E-state index contributed by atoms with van der Waals surface area (Å²) in [7, 11) is 0. The van der Waals surface area contributed by atoms with Gasteiger partial charge in [-0.2, -0.15) is 0 Å². The van der Waals surface area contributed by atoms with Crippen molar-refractivity contribution >= 4 is 11.0 Å². The van der Waals surface area contributed by atoms with Gasteiger partial charge >= 0.3 is 0 Å². The zero-order valence-corrected chi connectivity index (χ0v) is 12.6. The van der Waals surface area contributed by atoms with Crippen LogP contribution in [0.2, 0.25) is 0 Å². The molecule has 0 radical (unpaired) electrons. The lowest BCUT2D eigenvalue weighted by molar-refractivity contribution is 0.306. The Morgan fingerprint density at radius 1 is 0.783 bits per heavy atom. The van der Waals surface area contributed by atoms with Gasteiger partial charge in [0, 0.05) is 5.56 Å². The highest BCUT2D eigenvalue weighted by atomic mass is 16.5. The molecule has 0 fully saturated rings. The van der Waals surface area contributed by atoms with Gasteiger partial charge in [-0.25, -0.2) is 4.98 Å². The molecule has 0 atom stereocenters. The molecule has 23 heavy (non-hydrogen) atoms. The molecule has 0 bridgehead atoms. The first-order chi connectivity index (χ1) is 11.4. The van der Waals surface area contributed by atoms with Crippen LogP contribution in [0, 0.1) is 0 Å². The number of nitrogens with zero attached hydrogens (tertiary/aromatic N) is 1. The molecule has 0 amide bonds. The van der Waals surface area contributed by atoms with Gasteiger partial charge in [0.15, 0.2) is 0 Å². The number of imidazole rings is 1. The summed E-state index contributed by atoms with van der Waals surface area (Å²) in [5.74, 6) is 1.73. The van der Waals surface area contributed by atoms with Crippen LogP contribution in [0.5, 0.6) is 5.75 Å². The monoisotopic (exact) mass is 300 g/mol. The maximum Gasteiger partial charge on any atom is 0.138 e. The van der Waals surface area contributed by atoms with E-state index in [-0.39, 0.29) is 0 Å². The molecule has 4 aromatic rings. The standard InChI is InChI=1S/C20H16N2O/c1-2-6-15(7-3-1)14-23-17-12-10-16(11-13-17)20-21-18-8-4-5-9-19(18)22-20/h1-13H,14H2,(H,21,22). The first kappa shape index (κ1) is 13.6. The van der Waals surface area contributed by atoms with Crippen LogP contribution in [0.3, 0.4) is 0 Å². The first-order valence-corrected chi connectivity index (χ1v) is 7.60. The fourth-order valence-electron chi connectivity index (χ4n) is 2.54. The Labute approximate surface area is 134 Å². The van der Waals surface area contributed by atoms with E-state index in [0.717, 1.165) is 33.7 Å². The third-order valence-corrected chi connectivity index (χ3v) is 3.77. The van der Waals surface area contributed by atoms with Gasteiger partial charge in [0.1, 0.15) is 18.2 Å². The molecule has 3 aromatic carbocycles. The van der Waals surface area contributed by atoms with Gasteiger partial charge in [-0.3, -0.25) is 0 Å². The molecule has 1 heterocycles. The average Bonchev–Trinajstić information content (AvgIpc) is 3.05. The Hall–Kier alpha value is -3.07. The highest BCUT2D eigenvalue weighted by Crippen LogP contribution is 2.23. The van der Waals surface area contributed by atoms with Crippen LogP contribution in [0.25, 0.3) is 22.4 Å². The minimum atomic E-state index is 0.574. The summed E-state index contributed by atoms with van der Waals surface area (Å²) in [6.07, 6.45) is 0. The van der Waals surface area contributed by atoms with Gasteiger partial charge in [0.25, 0.3) is 0 Å². The molecular weight excluding hydrogens is 284 g/mol. The van der Waals surface area contributed by atoms with Crippen LogP contribution in [0.15, 0.2) is 78.9 Å². The fraction of sp³-hybridized carbons (Fsp3) is 0.0500. The van der Waals surface area contributed by atoms with Crippen molar-refractivity contribution in [3.8, 4) is 17.1 Å². The second-order valence-corrected chi connectivity index (χ2v) is 5.40. The molecule has 0 aliphatic rings. The van der Waals surface area contributed by atoms with Crippen LogP contribution >= 0.6 is 0 Å². The Balaban J connectivity index is 1.51. The van der Waals surface area contributed by atoms with Gasteiger partial charge in [-0.1, -0.05) is 42.5 Å². The highest BCUT2D eigenvalue weighted by molar-refractivity contribution is 5.79. The van der Waals surface area contributed by atoms with Crippen molar-refractivity contribution in [1.82, 2.24) is 9.97 Å². The largest absolute Gasteiger partial charge is 0.489 e. The smallest absolute Gasteiger partial charge is 0.138 e. The van der Waals surface area contributed by atoms with Crippen LogP contribution in [0.4, 0.5) is 0 Å². The lowest BCUT2D eigenvalue weighted by atomic mass is 10.2. The molecule has 4 rings (SSSR count). The Kier molecular flexibility index (Phi) is 3.53. The summed E-state index contributed by atoms with van der Waals surface area (Å²) in [5, 5.41) is 0. The number of fused-ring (bicyclic) bond motifs is 1. The fourth-order valence-corrected chi connectivity index (χ4v) is 2.54. The minimum Gasteiger partial charge on any atom is -0.489 e. The summed E-state index contributed by atoms with van der Waals surface area (Å²) in [6, 6.07) is 26.2. The van der Waals surface area contributed by atoms with Crippen molar-refractivity contribution in [3.05, 3.63) is 84.4 Å². The molecular formula is C20H16N2O. The van der Waals surface area contributed by atoms with Gasteiger partial charge in [0.2, 0.25) is 0 Å². The number of H-pyrrole nitrogens is 1. The van der Waals surface area contributed by atoms with E-state index < -0.39 is 0 Å². The third-order valence-electron chi connectivity index (χ3n) is 3.77. The maximum atomic E-state index is 5.81. The van der Waals surface area contributed by atoms with E-state index >= 15 is 0 Å². The Morgan fingerprint density at radius 3 is 2.30 bits per heavy atom. The molecule has 0 aliphatic heterocycles. The number of aromatic amines is 1. The predicted octanol–water partition coefficient (Wildman–Crippen LogP) is 4.81. The third kappa shape index (κ3) is 2.94. The summed E-state index contributed by atoms with van der Waals surface area (Å²) < 4.78 is 5.81. The van der Waals surface area contributed by atoms with Crippen LogP contribution in [0.1, 0.15) is 5.56 Å². The van der Waals surface area contributed by atoms with E-state index in [4.69, 9.17) is 4.74 Å². The second-order valence-electron chi connectivity index (χ2n) is 5.40. The van der Waals surface area contributed by atoms with Crippen molar-refractivity contribution < 1.29 is 4.74 Å². The summed E-state index contributed by atoms with van der Waals surface area (Å²) in [4.78, 5) is 7.95. The molecule has 3 heteroatoms. The zero-order valence-electron chi connectivity index (χ0n) is 12.6. The quantitative estimate of drug-likeness (QED) is 0.587. The molecule has 0 aliphatic carbocycles. The first-order valence-electron chi connectivity index (χ1n) is 7.60. The van der Waals surface area contributed by atoms with E-state index in [1.54, 1.807) is 0 Å². The number of aromatic nitrogens is 2. The minimum absolute atomic E-state index is 0.574. The van der Waals surface area contributed by atoms with Gasteiger partial charge in [0.05, 0.1) is 11.0 Å². The molecule has 0 unspecified atom stereocenters. The summed E-state index contributed by atoms with van der Waals surface area (Å²) in [5.41, 5.74) is 4.24. The average molecular weight is 300 g/mol. The topological polar surface area (TPSA) is 37.9 Å². The second kappa shape index (κ2) is 5.97. The van der Waals surface area contributed by atoms with Crippen molar-refractivity contribution in [3.63, 3.8) is 0 Å². The lowest BCUT2D eigenvalue weighted by Gasteiger charge is -2.06. The number of hydrogen-bond acceptors (Lipinski definition) is 2. The molecule has 3 nitrogen and oxygen atoms in total. The van der Waals surface area contributed by atoms with Crippen LogP contribution < -0.4 is 4.74 Å². The SMILES string of the molecule is c1ccc(COc2ccc(-c3nc4ccccc4[nH]3)cc2)cc1.